The van der Waals surface area contributed by atoms with Crippen LogP contribution in [0.4, 0.5) is 39.5 Å². The van der Waals surface area contributed by atoms with Crippen molar-refractivity contribution in [3.8, 4) is 11.5 Å². The third kappa shape index (κ3) is 19.9. The van der Waals surface area contributed by atoms with Gasteiger partial charge in [0, 0.05) is 16.7 Å². The van der Waals surface area contributed by atoms with Crippen molar-refractivity contribution in [1.82, 2.24) is 26.5 Å². The van der Waals surface area contributed by atoms with E-state index >= 15 is 0 Å². The van der Waals surface area contributed by atoms with Crippen molar-refractivity contribution in [2.24, 2.45) is 16.7 Å². The predicted octanol–water partition coefficient (Wildman–Crippen LogP) is 10.7. The number of aliphatic hydroxyl groups excluding tert-OH is 3. The van der Waals surface area contributed by atoms with E-state index in [1.54, 1.807) is 62.4 Å². The van der Waals surface area contributed by atoms with Crippen LogP contribution in [0.1, 0.15) is 118 Å². The third-order valence-corrected chi connectivity index (χ3v) is 12.6. The topological polar surface area (TPSA) is 250 Å². The minimum Gasteiger partial charge on any atom is -0.481 e. The normalized spacial score (nSPS) is 11.8. The summed E-state index contributed by atoms with van der Waals surface area (Å²) in [6, 6.07) is 35.4. The fraction of sp³-hybridized carbons (Fsp3) is 0.300. The number of aliphatic hydroxyl groups is 3. The van der Waals surface area contributed by atoms with Crippen LogP contribution < -0.4 is 22.1 Å². The smallest absolute Gasteiger partial charge is 0.416 e. The molecule has 0 aliphatic heterocycles. The molecule has 6 aromatic carbocycles. The lowest BCUT2D eigenvalue weighted by atomic mass is 9.94. The maximum atomic E-state index is 12.7. The summed E-state index contributed by atoms with van der Waals surface area (Å²) in [7, 11) is 0. The molecule has 0 spiro atoms. The Morgan fingerprint density at radius 2 is 0.845 bits per heavy atom. The van der Waals surface area contributed by atoms with Gasteiger partial charge in [-0.15, -0.1) is 10.2 Å². The molecule has 3 amide bonds. The van der Waals surface area contributed by atoms with E-state index in [9.17, 15) is 68.9 Å². The van der Waals surface area contributed by atoms with Gasteiger partial charge in [0.05, 0.1) is 52.8 Å². The molecule has 1 heterocycles. The molecular weight excluding hydrogens is 1120 g/mol. The number of rotatable bonds is 15. The zero-order chi connectivity index (χ0) is 62.8. The molecule has 7 aromatic rings. The van der Waals surface area contributed by atoms with Crippen LogP contribution in [0.5, 0.6) is 0 Å². The lowest BCUT2D eigenvalue weighted by Gasteiger charge is -2.21. The van der Waals surface area contributed by atoms with Crippen molar-refractivity contribution in [2.75, 3.05) is 19.8 Å². The van der Waals surface area contributed by atoms with Crippen molar-refractivity contribution >= 4 is 23.7 Å². The molecular formula is C60H63F9N6O9. The number of benzene rings is 6. The number of hydrogen-bond donors (Lipinski definition) is 8. The highest BCUT2D eigenvalue weighted by Gasteiger charge is 2.33. The maximum Gasteiger partial charge on any atom is 0.416 e. The number of nitrogen functional groups attached to an aromatic ring is 1. The van der Waals surface area contributed by atoms with Crippen molar-refractivity contribution in [3.05, 3.63) is 213 Å². The minimum absolute atomic E-state index is 0.137. The lowest BCUT2D eigenvalue weighted by molar-refractivity contribution is -0.149. The minimum atomic E-state index is -4.41. The van der Waals surface area contributed by atoms with Gasteiger partial charge in [0.15, 0.2) is 0 Å². The molecule has 1 aromatic heterocycles. The van der Waals surface area contributed by atoms with Crippen LogP contribution in [0.3, 0.4) is 0 Å². The Labute approximate surface area is 477 Å². The quantitative estimate of drug-likeness (QED) is 0.0207. The van der Waals surface area contributed by atoms with Crippen molar-refractivity contribution in [1.29, 1.82) is 0 Å². The number of nitrogens with one attached hydrogen (secondary N) is 3. The van der Waals surface area contributed by atoms with E-state index < -0.39 is 75.2 Å². The Bertz CT molecular complexity index is 3290. The standard InChI is InChI=1S/C20H21F3N2O3.C20H19F3N2O2.C15H13F3N2O.C5H10O3/c1-19(2,12-26)18(28)25-24-17(27)16-6-4-3-5-14(16)11-13-7-9-15(10-8-13)20(21,22)23;1-19(2,12-26)18-25-24-17(27-18)16-6-4-3-5-14(16)11-13-7-9-15(10-8-13)20(21,22)23;16-15(17,18)12-7-5-10(6-8-12)9-11-3-1-2-4-13(11)14(21)20-19;1-5(2,3-6)4(7)8/h3-10,26H,11-12H2,1-2H3,(H,24,27)(H,25,28);3-10,26H,11-12H2,1-2H3;1-8H,9,19H2,(H,20,21);6H,3H2,1-2H3,(H,7,8). The van der Waals surface area contributed by atoms with Gasteiger partial charge in [-0.1, -0.05) is 91.0 Å². The molecule has 0 radical (unpaired) electrons. The van der Waals surface area contributed by atoms with Gasteiger partial charge in [0.1, 0.15) is 0 Å². The molecule has 0 aliphatic rings. The number of aromatic nitrogens is 2. The molecule has 15 nitrogen and oxygen atoms in total. The van der Waals surface area contributed by atoms with Gasteiger partial charge in [-0.05, 0) is 149 Å². The van der Waals surface area contributed by atoms with E-state index in [0.717, 1.165) is 47.5 Å². The van der Waals surface area contributed by atoms with Crippen LogP contribution in [0.2, 0.25) is 0 Å². The number of hydrogen-bond acceptors (Lipinski definition) is 11. The molecule has 7 rings (SSSR count). The van der Waals surface area contributed by atoms with Crippen LogP contribution in [0.15, 0.2) is 150 Å². The van der Waals surface area contributed by atoms with Gasteiger partial charge in [-0.25, -0.2) is 5.84 Å². The van der Waals surface area contributed by atoms with Crippen LogP contribution in [0.25, 0.3) is 11.5 Å². The summed E-state index contributed by atoms with van der Waals surface area (Å²) in [5, 5.41) is 43.4. The van der Waals surface area contributed by atoms with E-state index in [1.165, 1.54) is 64.1 Å². The molecule has 84 heavy (non-hydrogen) atoms. The summed E-state index contributed by atoms with van der Waals surface area (Å²) in [5.41, 5.74) is 7.37. The van der Waals surface area contributed by atoms with E-state index in [1.807, 2.05) is 29.7 Å². The second-order valence-electron chi connectivity index (χ2n) is 20.8. The Kier molecular flexibility index (Phi) is 23.6. The summed E-state index contributed by atoms with van der Waals surface area (Å²) in [5.74, 6) is 3.22. The molecule has 450 valence electrons. The molecule has 24 heteroatoms. The maximum absolute atomic E-state index is 12.7. The Morgan fingerprint density at radius 3 is 1.20 bits per heavy atom. The molecule has 0 fully saturated rings. The molecule has 0 aliphatic carbocycles. The molecule has 0 saturated heterocycles. The van der Waals surface area contributed by atoms with E-state index in [-0.39, 0.29) is 31.8 Å². The molecule has 9 N–H and O–H groups in total. The number of carbonyl (C=O) groups excluding carboxylic acids is 3. The monoisotopic (exact) mass is 1180 g/mol. The van der Waals surface area contributed by atoms with Crippen LogP contribution in [0, 0.1) is 10.8 Å². The van der Waals surface area contributed by atoms with E-state index in [4.69, 9.17) is 20.5 Å². The van der Waals surface area contributed by atoms with E-state index in [2.05, 4.69) is 21.0 Å². The van der Waals surface area contributed by atoms with Crippen LogP contribution in [-0.2, 0) is 52.8 Å². The number of alkyl halides is 9. The second-order valence-corrected chi connectivity index (χ2v) is 20.8. The number of carbonyl (C=O) groups is 4. The molecule has 0 unspecified atom stereocenters. The lowest BCUT2D eigenvalue weighted by Crippen LogP contribution is -2.48. The van der Waals surface area contributed by atoms with E-state index in [0.29, 0.717) is 58.0 Å². The molecule has 0 bridgehead atoms. The summed E-state index contributed by atoms with van der Waals surface area (Å²) < 4.78 is 119. The number of carboxylic acid groups (broad SMARTS) is 1. The number of carboxylic acids is 1. The Hall–Kier alpha value is -8.45. The first kappa shape index (κ1) is 68.1. The zero-order valence-electron chi connectivity index (χ0n) is 46.3. The highest BCUT2D eigenvalue weighted by Crippen LogP contribution is 2.33. The summed E-state index contributed by atoms with van der Waals surface area (Å²) >= 11 is 0. The summed E-state index contributed by atoms with van der Waals surface area (Å²) in [4.78, 5) is 46.1. The Balaban J connectivity index is 0.000000255. The number of amides is 3. The number of nitrogens with two attached hydrogens (primary N) is 1. The SMILES string of the molecule is CC(C)(CO)C(=O)NNC(=O)c1ccccc1Cc1ccc(C(F)(F)F)cc1.CC(C)(CO)C(=O)O.CC(C)(CO)c1nnc(-c2ccccc2Cc2ccc(C(F)(F)F)cc2)o1.NNC(=O)c1ccccc1Cc1ccc(C(F)(F)F)cc1. The first-order valence-corrected chi connectivity index (χ1v) is 25.4. The fourth-order valence-electron chi connectivity index (χ4n) is 7.01. The molecule has 0 atom stereocenters. The van der Waals surface area contributed by atoms with Gasteiger partial charge < -0.3 is 24.8 Å². The molecule has 0 saturated carbocycles. The second kappa shape index (κ2) is 29.2. The average molecular weight is 1180 g/mol. The average Bonchev–Trinajstić information content (AvgIpc) is 4.16. The first-order chi connectivity index (χ1) is 39.2. The number of halogens is 9. The summed E-state index contributed by atoms with van der Waals surface area (Å²) in [6.07, 6.45) is -12.1. The van der Waals surface area contributed by atoms with Crippen molar-refractivity contribution in [2.45, 2.75) is 84.7 Å². The number of nitrogens with zero attached hydrogens (tertiary/aromatic N) is 2. The van der Waals surface area contributed by atoms with Crippen molar-refractivity contribution < 1.29 is 83.5 Å². The van der Waals surface area contributed by atoms with Crippen LogP contribution in [-0.4, -0.2) is 74.1 Å². The highest BCUT2D eigenvalue weighted by molar-refractivity contribution is 5.97. The predicted molar refractivity (Wildman–Crippen MR) is 292 cm³/mol. The van der Waals surface area contributed by atoms with Gasteiger partial charge in [-0.2, -0.15) is 39.5 Å². The number of hydrazine groups is 2. The third-order valence-electron chi connectivity index (χ3n) is 12.6. The largest absolute Gasteiger partial charge is 0.481 e. The van der Waals surface area contributed by atoms with Gasteiger partial charge in [0.2, 0.25) is 17.7 Å². The van der Waals surface area contributed by atoms with Crippen LogP contribution >= 0.6 is 0 Å². The summed E-state index contributed by atoms with van der Waals surface area (Å²) in [6.45, 7) is 8.71. The van der Waals surface area contributed by atoms with Crippen molar-refractivity contribution in [3.63, 3.8) is 0 Å². The highest BCUT2D eigenvalue weighted by atomic mass is 19.4. The first-order valence-electron chi connectivity index (χ1n) is 25.4. The number of aliphatic carboxylic acids is 1. The zero-order valence-corrected chi connectivity index (χ0v) is 46.3. The fourth-order valence-corrected chi connectivity index (χ4v) is 7.01. The Morgan fingerprint density at radius 1 is 0.476 bits per heavy atom. The van der Waals surface area contributed by atoms with Gasteiger partial charge in [-0.3, -0.25) is 35.5 Å². The van der Waals surface area contributed by atoms with Gasteiger partial charge in [0.25, 0.3) is 11.8 Å². The van der Waals surface area contributed by atoms with Gasteiger partial charge >= 0.3 is 24.5 Å².